The Morgan fingerprint density at radius 1 is 1.38 bits per heavy atom. The summed E-state index contributed by atoms with van der Waals surface area (Å²) in [5, 5.41) is 11.0. The monoisotopic (exact) mass is 339 g/mol. The molecular formula is C16H16F3N3O2. The van der Waals surface area contributed by atoms with E-state index >= 15 is 0 Å². The molecule has 0 radical (unpaired) electrons. The molecule has 0 aromatic heterocycles. The molecule has 1 aromatic rings. The normalized spacial score (nSPS) is 21.3. The van der Waals surface area contributed by atoms with Gasteiger partial charge in [0.15, 0.2) is 0 Å². The Morgan fingerprint density at radius 2 is 2.00 bits per heavy atom. The van der Waals surface area contributed by atoms with Gasteiger partial charge in [0, 0.05) is 13.5 Å². The number of alkyl halides is 3. The maximum Gasteiger partial charge on any atom is 0.416 e. The Bertz CT molecular complexity index is 665. The zero-order valence-electron chi connectivity index (χ0n) is 12.9. The Morgan fingerprint density at radius 3 is 2.54 bits per heavy atom. The van der Waals surface area contributed by atoms with Crippen LogP contribution in [0.25, 0.3) is 0 Å². The Kier molecular flexibility index (Phi) is 5.12. The summed E-state index contributed by atoms with van der Waals surface area (Å²) < 4.78 is 38.1. The second-order valence-electron chi connectivity index (χ2n) is 5.59. The Hall–Kier alpha value is -2.56. The number of rotatable bonds is 3. The van der Waals surface area contributed by atoms with Crippen molar-refractivity contribution in [2.24, 2.45) is 5.92 Å². The molecule has 0 bridgehead atoms. The predicted octanol–water partition coefficient (Wildman–Crippen LogP) is 2.25. The molecule has 1 aromatic carbocycles. The number of nitrogens with one attached hydrogen (secondary N) is 1. The van der Waals surface area contributed by atoms with E-state index in [1.807, 2.05) is 0 Å². The van der Waals surface area contributed by atoms with Crippen LogP contribution in [-0.4, -0.2) is 30.3 Å². The molecule has 2 atom stereocenters. The third-order valence-electron chi connectivity index (χ3n) is 4.12. The van der Waals surface area contributed by atoms with Crippen molar-refractivity contribution in [1.82, 2.24) is 10.2 Å². The highest BCUT2D eigenvalue weighted by molar-refractivity contribution is 5.85. The van der Waals surface area contributed by atoms with Gasteiger partial charge in [0.1, 0.15) is 6.54 Å². The quantitative estimate of drug-likeness (QED) is 0.859. The number of nitrogens with zero attached hydrogens (tertiary/aromatic N) is 2. The first-order valence-electron chi connectivity index (χ1n) is 7.33. The van der Waals surface area contributed by atoms with Gasteiger partial charge in [-0.2, -0.15) is 18.4 Å². The van der Waals surface area contributed by atoms with E-state index in [2.05, 4.69) is 5.32 Å². The van der Waals surface area contributed by atoms with E-state index in [-0.39, 0.29) is 31.2 Å². The van der Waals surface area contributed by atoms with Gasteiger partial charge in [-0.05, 0) is 24.1 Å². The largest absolute Gasteiger partial charge is 0.416 e. The van der Waals surface area contributed by atoms with Crippen molar-refractivity contribution in [2.75, 3.05) is 13.6 Å². The fourth-order valence-corrected chi connectivity index (χ4v) is 2.90. The third-order valence-corrected chi connectivity index (χ3v) is 4.12. The van der Waals surface area contributed by atoms with E-state index < -0.39 is 23.7 Å². The van der Waals surface area contributed by atoms with Gasteiger partial charge in [0.25, 0.3) is 0 Å². The number of amides is 2. The number of carbonyl (C=O) groups excluding carboxylic acids is 2. The molecule has 1 aliphatic rings. The second-order valence-corrected chi connectivity index (χ2v) is 5.59. The molecule has 1 aliphatic heterocycles. The summed E-state index contributed by atoms with van der Waals surface area (Å²) in [5.74, 6) is -1.18. The Labute approximate surface area is 137 Å². The smallest absolute Gasteiger partial charge is 0.343 e. The van der Waals surface area contributed by atoms with E-state index in [9.17, 15) is 22.8 Å². The van der Waals surface area contributed by atoms with Crippen molar-refractivity contribution < 1.29 is 22.8 Å². The maximum atomic E-state index is 12.7. The molecular weight excluding hydrogens is 323 g/mol. The van der Waals surface area contributed by atoms with Gasteiger partial charge in [0.2, 0.25) is 11.8 Å². The van der Waals surface area contributed by atoms with Crippen molar-refractivity contribution in [1.29, 1.82) is 5.26 Å². The number of likely N-dealkylation sites (tertiary alicyclic amines) is 1. The number of nitriles is 1. The number of halogens is 3. The van der Waals surface area contributed by atoms with Crippen LogP contribution in [-0.2, 0) is 15.8 Å². The summed E-state index contributed by atoms with van der Waals surface area (Å²) in [6.45, 7) is -0.160. The average Bonchev–Trinajstić information content (AvgIpc) is 2.54. The highest BCUT2D eigenvalue weighted by Crippen LogP contribution is 2.37. The first-order valence-corrected chi connectivity index (χ1v) is 7.33. The fourth-order valence-electron chi connectivity index (χ4n) is 2.90. The van der Waals surface area contributed by atoms with Gasteiger partial charge in [-0.1, -0.05) is 12.1 Å². The minimum atomic E-state index is -4.45. The van der Waals surface area contributed by atoms with Crippen molar-refractivity contribution in [3.05, 3.63) is 35.4 Å². The number of benzene rings is 1. The van der Waals surface area contributed by atoms with Gasteiger partial charge in [-0.25, -0.2) is 0 Å². The molecule has 0 spiro atoms. The lowest BCUT2D eigenvalue weighted by Crippen LogP contribution is -2.46. The molecule has 128 valence electrons. The predicted molar refractivity (Wildman–Crippen MR) is 78.3 cm³/mol. The topological polar surface area (TPSA) is 73.2 Å². The van der Waals surface area contributed by atoms with Crippen LogP contribution in [0.2, 0.25) is 0 Å². The van der Waals surface area contributed by atoms with Crippen molar-refractivity contribution in [3.8, 4) is 6.07 Å². The molecule has 24 heavy (non-hydrogen) atoms. The lowest BCUT2D eigenvalue weighted by molar-refractivity contribution is -0.142. The molecule has 0 unspecified atom stereocenters. The van der Waals surface area contributed by atoms with Gasteiger partial charge in [-0.15, -0.1) is 0 Å². The van der Waals surface area contributed by atoms with Crippen LogP contribution in [0.3, 0.4) is 0 Å². The van der Waals surface area contributed by atoms with E-state index in [1.165, 1.54) is 24.1 Å². The summed E-state index contributed by atoms with van der Waals surface area (Å²) in [4.78, 5) is 25.6. The van der Waals surface area contributed by atoms with Crippen LogP contribution in [0.1, 0.15) is 30.0 Å². The standard InChI is InChI=1S/C16H16F3N3O2/c1-22-13(23)7-6-12(15(24)21-9-8-20)14(22)10-2-4-11(5-3-10)16(17,18)19/h2-5,12,14H,6-7,9H2,1H3,(H,21,24)/t12-,14-/m1/s1. The molecule has 1 heterocycles. The molecule has 2 rings (SSSR count). The van der Waals surface area contributed by atoms with E-state index in [0.29, 0.717) is 5.56 Å². The molecule has 1 N–H and O–H groups in total. The molecule has 2 amide bonds. The second kappa shape index (κ2) is 6.91. The first kappa shape index (κ1) is 17.8. The van der Waals surface area contributed by atoms with Gasteiger partial charge >= 0.3 is 6.18 Å². The van der Waals surface area contributed by atoms with Crippen LogP contribution in [0, 0.1) is 17.2 Å². The van der Waals surface area contributed by atoms with Gasteiger partial charge in [0.05, 0.1) is 23.6 Å². The maximum absolute atomic E-state index is 12.7. The molecule has 1 saturated heterocycles. The third kappa shape index (κ3) is 3.67. The zero-order chi connectivity index (χ0) is 17.9. The van der Waals surface area contributed by atoms with Crippen LogP contribution in [0.4, 0.5) is 13.2 Å². The minimum absolute atomic E-state index is 0.160. The van der Waals surface area contributed by atoms with Crippen LogP contribution in [0.5, 0.6) is 0 Å². The van der Waals surface area contributed by atoms with Gasteiger partial charge in [-0.3, -0.25) is 9.59 Å². The molecule has 8 heteroatoms. The lowest BCUT2D eigenvalue weighted by atomic mass is 9.83. The van der Waals surface area contributed by atoms with Crippen LogP contribution >= 0.6 is 0 Å². The highest BCUT2D eigenvalue weighted by Gasteiger charge is 2.39. The van der Waals surface area contributed by atoms with Gasteiger partial charge < -0.3 is 10.2 Å². The van der Waals surface area contributed by atoms with E-state index in [1.54, 1.807) is 6.07 Å². The first-order chi connectivity index (χ1) is 11.3. The summed E-state index contributed by atoms with van der Waals surface area (Å²) in [6, 6.07) is 5.58. The van der Waals surface area contributed by atoms with Crippen molar-refractivity contribution >= 4 is 11.8 Å². The minimum Gasteiger partial charge on any atom is -0.343 e. The summed E-state index contributed by atoms with van der Waals surface area (Å²) in [6.07, 6.45) is -3.99. The number of carbonyl (C=O) groups is 2. The summed E-state index contributed by atoms with van der Waals surface area (Å²) >= 11 is 0. The molecule has 1 fully saturated rings. The van der Waals surface area contributed by atoms with Crippen molar-refractivity contribution in [3.63, 3.8) is 0 Å². The highest BCUT2D eigenvalue weighted by atomic mass is 19.4. The van der Waals surface area contributed by atoms with Crippen LogP contribution < -0.4 is 5.32 Å². The number of hydrogen-bond acceptors (Lipinski definition) is 3. The lowest BCUT2D eigenvalue weighted by Gasteiger charge is -2.38. The Balaban J connectivity index is 2.32. The SMILES string of the molecule is CN1C(=O)CC[C@@H](C(=O)NCC#N)[C@H]1c1ccc(C(F)(F)F)cc1. The number of piperidine rings is 1. The van der Waals surface area contributed by atoms with E-state index in [0.717, 1.165) is 12.1 Å². The fraction of sp³-hybridized carbons (Fsp3) is 0.438. The van der Waals surface area contributed by atoms with Crippen molar-refractivity contribution in [2.45, 2.75) is 25.1 Å². The average molecular weight is 339 g/mol. The summed E-state index contributed by atoms with van der Waals surface area (Å²) in [5.41, 5.74) is -0.336. The summed E-state index contributed by atoms with van der Waals surface area (Å²) in [7, 11) is 1.52. The molecule has 5 nitrogen and oxygen atoms in total. The van der Waals surface area contributed by atoms with Crippen LogP contribution in [0.15, 0.2) is 24.3 Å². The molecule has 0 saturated carbocycles. The number of hydrogen-bond donors (Lipinski definition) is 1. The van der Waals surface area contributed by atoms with E-state index in [4.69, 9.17) is 5.26 Å². The molecule has 0 aliphatic carbocycles. The zero-order valence-corrected chi connectivity index (χ0v) is 12.9.